The largest absolute Gasteiger partial charge is 0.472 e. The van der Waals surface area contributed by atoms with E-state index in [0.29, 0.717) is 24.8 Å². The number of methoxy groups -OCH3 is 1. The molecule has 11 unspecified atom stereocenters. The van der Waals surface area contributed by atoms with Crippen molar-refractivity contribution in [2.75, 3.05) is 7.11 Å². The Kier molecular flexibility index (Phi) is 4.06. The predicted octanol–water partition coefficient (Wildman–Crippen LogP) is 2.91. The van der Waals surface area contributed by atoms with Gasteiger partial charge < -0.3 is 33.2 Å². The van der Waals surface area contributed by atoms with Crippen molar-refractivity contribution in [3.8, 4) is 0 Å². The smallest absolute Gasteiger partial charge is 0.306 e. The summed E-state index contributed by atoms with van der Waals surface area (Å²) in [5.74, 6) is -3.46. The Balaban J connectivity index is 1.41. The monoisotopic (exact) mass is 542 g/mol. The van der Waals surface area contributed by atoms with Crippen molar-refractivity contribution in [1.29, 1.82) is 0 Å². The molecule has 3 aliphatic heterocycles. The Morgan fingerprint density at radius 1 is 1.08 bits per heavy atom. The van der Waals surface area contributed by atoms with Gasteiger partial charge in [-0.25, -0.2) is 0 Å². The molecule has 7 fully saturated rings. The lowest BCUT2D eigenvalue weighted by Crippen LogP contribution is -2.92. The molecule has 1 aromatic heterocycles. The standard InChI is InChI=1S/C29H34O10/c1-22-13-26(33)21-29-17(11-19(31)36-21)23(2,20(32)15-6-9-35-12-15)7-8-27(29)24(3,16(22)10-18(30)34-5)28(26,14-22)38-25(4,37-27)39-29/h6,9,12,16-17,21,33H,7-8,10-11,13-14H2,1-5H3. The van der Waals surface area contributed by atoms with Crippen molar-refractivity contribution in [3.05, 3.63) is 24.2 Å². The van der Waals surface area contributed by atoms with Crippen LogP contribution in [-0.4, -0.2) is 64.4 Å². The Morgan fingerprint density at radius 2 is 1.82 bits per heavy atom. The van der Waals surface area contributed by atoms with Gasteiger partial charge in [0.1, 0.15) is 28.7 Å². The van der Waals surface area contributed by atoms with Crippen LogP contribution in [0.1, 0.15) is 76.6 Å². The normalized spacial score (nSPS) is 57.3. The van der Waals surface area contributed by atoms with E-state index in [1.165, 1.54) is 19.6 Å². The fourth-order valence-electron chi connectivity index (χ4n) is 11.6. The molecule has 0 aromatic carbocycles. The lowest BCUT2D eigenvalue weighted by molar-refractivity contribution is -0.471. The van der Waals surface area contributed by atoms with E-state index in [2.05, 4.69) is 13.8 Å². The quantitative estimate of drug-likeness (QED) is 0.448. The molecule has 10 nitrogen and oxygen atoms in total. The second-order valence-electron chi connectivity index (χ2n) is 14.0. The molecule has 4 saturated carbocycles. The minimum atomic E-state index is -1.61. The van der Waals surface area contributed by atoms with E-state index in [9.17, 15) is 19.5 Å². The van der Waals surface area contributed by atoms with Gasteiger partial charge in [-0.1, -0.05) is 20.8 Å². The molecule has 11 atom stereocenters. The van der Waals surface area contributed by atoms with E-state index in [-0.39, 0.29) is 36.9 Å². The van der Waals surface area contributed by atoms with Crippen LogP contribution >= 0.6 is 0 Å². The van der Waals surface area contributed by atoms with Crippen LogP contribution in [0.5, 0.6) is 0 Å². The van der Waals surface area contributed by atoms with Gasteiger partial charge in [-0.15, -0.1) is 0 Å². The summed E-state index contributed by atoms with van der Waals surface area (Å²) in [6.45, 7) is 7.71. The molecule has 4 bridgehead atoms. The molecular weight excluding hydrogens is 508 g/mol. The summed E-state index contributed by atoms with van der Waals surface area (Å²) in [6.07, 6.45) is 3.35. The zero-order chi connectivity index (χ0) is 27.6. The number of carbonyl (C=O) groups is 3. The van der Waals surface area contributed by atoms with E-state index in [1.807, 2.05) is 6.92 Å². The van der Waals surface area contributed by atoms with E-state index in [1.54, 1.807) is 13.0 Å². The zero-order valence-corrected chi connectivity index (χ0v) is 22.8. The van der Waals surface area contributed by atoms with Gasteiger partial charge in [-0.2, -0.15) is 0 Å². The van der Waals surface area contributed by atoms with Crippen LogP contribution in [0.3, 0.4) is 0 Å². The maximum Gasteiger partial charge on any atom is 0.306 e. The molecule has 0 amide bonds. The molecule has 0 radical (unpaired) electrons. The second-order valence-corrected chi connectivity index (χ2v) is 14.0. The number of hydrogen-bond donors (Lipinski definition) is 1. The summed E-state index contributed by atoms with van der Waals surface area (Å²) in [6, 6.07) is 1.63. The van der Waals surface area contributed by atoms with E-state index in [4.69, 9.17) is 28.1 Å². The number of esters is 2. The third-order valence-corrected chi connectivity index (χ3v) is 12.6. The highest BCUT2D eigenvalue weighted by molar-refractivity contribution is 6.01. The third kappa shape index (κ3) is 2.14. The lowest BCUT2D eigenvalue weighted by Gasteiger charge is -2.76. The molecule has 10 heteroatoms. The van der Waals surface area contributed by atoms with Crippen molar-refractivity contribution in [1.82, 2.24) is 0 Å². The second kappa shape index (κ2) is 6.45. The predicted molar refractivity (Wildman–Crippen MR) is 129 cm³/mol. The molecule has 210 valence electrons. The average Bonchev–Trinajstić information content (AvgIpc) is 3.57. The van der Waals surface area contributed by atoms with Crippen LogP contribution in [0.15, 0.2) is 23.0 Å². The first-order chi connectivity index (χ1) is 18.2. The number of ketones is 1. The first-order valence-electron chi connectivity index (χ1n) is 13.9. The van der Waals surface area contributed by atoms with E-state index < -0.39 is 62.6 Å². The highest BCUT2D eigenvalue weighted by atomic mass is 16.9. The molecule has 7 aliphatic rings. The van der Waals surface area contributed by atoms with Gasteiger partial charge >= 0.3 is 11.9 Å². The van der Waals surface area contributed by atoms with Gasteiger partial charge in [0.05, 0.1) is 25.4 Å². The van der Waals surface area contributed by atoms with Gasteiger partial charge in [0.15, 0.2) is 11.9 Å². The molecule has 1 aromatic rings. The van der Waals surface area contributed by atoms with Gasteiger partial charge in [-0.05, 0) is 43.1 Å². The molecule has 4 aliphatic carbocycles. The van der Waals surface area contributed by atoms with Crippen molar-refractivity contribution in [2.24, 2.45) is 28.1 Å². The third-order valence-electron chi connectivity index (χ3n) is 12.6. The topological polar surface area (TPSA) is 131 Å². The molecule has 39 heavy (non-hydrogen) atoms. The first kappa shape index (κ1) is 24.5. The Bertz CT molecular complexity index is 1360. The van der Waals surface area contributed by atoms with Gasteiger partial charge in [-0.3, -0.25) is 14.4 Å². The van der Waals surface area contributed by atoms with Gasteiger partial charge in [0.2, 0.25) is 0 Å². The molecule has 8 rings (SSSR count). The highest BCUT2D eigenvalue weighted by Crippen LogP contribution is 2.89. The maximum absolute atomic E-state index is 14.1. The number of hydrogen-bond acceptors (Lipinski definition) is 10. The summed E-state index contributed by atoms with van der Waals surface area (Å²) in [5.41, 5.74) is -7.34. The summed E-state index contributed by atoms with van der Waals surface area (Å²) < 4.78 is 37.2. The SMILES string of the molecule is COC(=O)CC1C2(C)CC3(O)C4OC(=O)CC5C(C)(C(=O)c6ccoc6)CCC67OC(C)(OC546)OC3(C2)C17C. The minimum Gasteiger partial charge on any atom is -0.472 e. The van der Waals surface area contributed by atoms with E-state index >= 15 is 0 Å². The fraction of sp³-hybridized carbons (Fsp3) is 0.759. The number of carbonyl (C=O) groups excluding carboxylic acids is 3. The van der Waals surface area contributed by atoms with Crippen molar-refractivity contribution < 1.29 is 47.6 Å². The van der Waals surface area contributed by atoms with Crippen LogP contribution in [0, 0.1) is 28.1 Å². The summed E-state index contributed by atoms with van der Waals surface area (Å²) in [7, 11) is 1.38. The average molecular weight is 543 g/mol. The Morgan fingerprint density at radius 3 is 2.51 bits per heavy atom. The number of furan rings is 1. The summed E-state index contributed by atoms with van der Waals surface area (Å²) in [5, 5.41) is 12.9. The number of rotatable bonds is 4. The maximum atomic E-state index is 14.1. The van der Waals surface area contributed by atoms with Crippen LogP contribution in [0.25, 0.3) is 0 Å². The van der Waals surface area contributed by atoms with Crippen LogP contribution in [-0.2, 0) is 33.3 Å². The van der Waals surface area contributed by atoms with Crippen LogP contribution < -0.4 is 0 Å². The Hall–Kier alpha value is -2.27. The van der Waals surface area contributed by atoms with Gasteiger partial charge in [0, 0.05) is 30.1 Å². The number of fused-ring (bicyclic) bond motifs is 3. The summed E-state index contributed by atoms with van der Waals surface area (Å²) >= 11 is 0. The number of aliphatic hydroxyl groups is 1. The van der Waals surface area contributed by atoms with Crippen molar-refractivity contribution >= 4 is 17.7 Å². The molecule has 1 N–H and O–H groups in total. The number of ether oxygens (including phenoxy) is 5. The Labute approximate surface area is 225 Å². The molecular formula is C29H34O10. The summed E-state index contributed by atoms with van der Waals surface area (Å²) in [4.78, 5) is 40.3. The number of Topliss-reactive ketones (excluding diaryl/α,β-unsaturated/α-hetero) is 1. The van der Waals surface area contributed by atoms with Gasteiger partial charge in [0.25, 0.3) is 5.97 Å². The van der Waals surface area contributed by atoms with Crippen LogP contribution in [0.4, 0.5) is 0 Å². The van der Waals surface area contributed by atoms with E-state index in [0.717, 1.165) is 0 Å². The highest BCUT2D eigenvalue weighted by Gasteiger charge is 3.01. The first-order valence-corrected chi connectivity index (χ1v) is 13.9. The van der Waals surface area contributed by atoms with Crippen molar-refractivity contribution in [2.45, 2.75) is 101 Å². The molecule has 3 saturated heterocycles. The van der Waals surface area contributed by atoms with Crippen molar-refractivity contribution in [3.63, 3.8) is 0 Å². The lowest BCUT2D eigenvalue weighted by atomic mass is 9.34. The fourth-order valence-corrected chi connectivity index (χ4v) is 11.6. The van der Waals surface area contributed by atoms with Crippen LogP contribution in [0.2, 0.25) is 0 Å². The molecule has 3 spiro atoms. The minimum absolute atomic E-state index is 0.0735. The zero-order valence-electron chi connectivity index (χ0n) is 22.8. The molecule has 4 heterocycles.